The van der Waals surface area contributed by atoms with Crippen LogP contribution >= 0.6 is 11.8 Å². The van der Waals surface area contributed by atoms with Crippen molar-refractivity contribution in [1.29, 1.82) is 0 Å². The molecule has 0 atom stereocenters. The van der Waals surface area contributed by atoms with Crippen molar-refractivity contribution in [3.63, 3.8) is 0 Å². The van der Waals surface area contributed by atoms with E-state index in [1.807, 2.05) is 36.5 Å². The third-order valence-corrected chi connectivity index (χ3v) is 5.62. The summed E-state index contributed by atoms with van der Waals surface area (Å²) in [5.41, 5.74) is 3.08. The third-order valence-electron chi connectivity index (χ3n) is 4.60. The van der Waals surface area contributed by atoms with Gasteiger partial charge in [0.15, 0.2) is 5.17 Å². The molecule has 2 N–H and O–H groups in total. The third kappa shape index (κ3) is 7.18. The summed E-state index contributed by atoms with van der Waals surface area (Å²) in [5.74, 6) is 1.41. The smallest absolute Gasteiger partial charge is 0.251 e. The van der Waals surface area contributed by atoms with Crippen molar-refractivity contribution in [2.24, 2.45) is 10.9 Å². The molecule has 3 rings (SSSR count). The van der Waals surface area contributed by atoms with Crippen molar-refractivity contribution in [3.8, 4) is 0 Å². The first-order valence-electron chi connectivity index (χ1n) is 9.99. The van der Waals surface area contributed by atoms with Gasteiger partial charge in [-0.25, -0.2) is 4.99 Å². The van der Waals surface area contributed by atoms with Crippen LogP contribution in [0.5, 0.6) is 0 Å². The molecule has 0 saturated carbocycles. The predicted molar refractivity (Wildman–Crippen MR) is 120 cm³/mol. The number of nitrogens with one attached hydrogen (secondary N) is 2. The Labute approximate surface area is 177 Å². The molecule has 0 saturated heterocycles. The van der Waals surface area contributed by atoms with Gasteiger partial charge in [0.2, 0.25) is 0 Å². The number of carbonyl (C=O) groups is 1. The van der Waals surface area contributed by atoms with Gasteiger partial charge in [-0.2, -0.15) is 0 Å². The van der Waals surface area contributed by atoms with Gasteiger partial charge in [0, 0.05) is 36.8 Å². The Bertz CT molecular complexity index is 808. The van der Waals surface area contributed by atoms with E-state index in [0.29, 0.717) is 18.2 Å². The average molecular weight is 412 g/mol. The summed E-state index contributed by atoms with van der Waals surface area (Å²) in [4.78, 5) is 23.2. The summed E-state index contributed by atoms with van der Waals surface area (Å²) >= 11 is 1.69. The Balaban J connectivity index is 1.41. The number of aliphatic imine (C=N–C) groups is 1. The molecule has 0 aliphatic carbocycles. The summed E-state index contributed by atoms with van der Waals surface area (Å²) in [7, 11) is 0. The first-order valence-corrected chi connectivity index (χ1v) is 11.0. The molecule has 7 heteroatoms. The molecule has 0 fully saturated rings. The molecular weight excluding hydrogens is 382 g/mol. The molecule has 0 radical (unpaired) electrons. The molecule has 0 unspecified atom stereocenters. The Kier molecular flexibility index (Phi) is 8.07. The molecule has 2 aromatic rings. The minimum atomic E-state index is -0.00289. The second kappa shape index (κ2) is 11.0. The van der Waals surface area contributed by atoms with Gasteiger partial charge < -0.3 is 10.6 Å². The SMILES string of the molecule is CC(C)CCNC(=O)c1ccc(CSC2=NCN(Cc3cccnc3)CN2)cc1. The van der Waals surface area contributed by atoms with Crippen LogP contribution in [0.1, 0.15) is 41.8 Å². The van der Waals surface area contributed by atoms with E-state index >= 15 is 0 Å². The second-order valence-corrected chi connectivity index (χ2v) is 8.52. The van der Waals surface area contributed by atoms with Gasteiger partial charge in [-0.3, -0.25) is 14.7 Å². The van der Waals surface area contributed by atoms with E-state index in [-0.39, 0.29) is 5.91 Å². The maximum atomic E-state index is 12.2. The van der Waals surface area contributed by atoms with Crippen molar-refractivity contribution in [2.45, 2.75) is 32.6 Å². The molecule has 1 aromatic carbocycles. The zero-order chi connectivity index (χ0) is 20.5. The van der Waals surface area contributed by atoms with Crippen molar-refractivity contribution in [3.05, 3.63) is 65.5 Å². The molecule has 2 heterocycles. The standard InChI is InChI=1S/C22H29N5OS/c1-17(2)9-11-24-21(28)20-7-5-18(6-8-20)14-29-22-25-15-27(16-26-22)13-19-4-3-10-23-12-19/h3-8,10,12,17H,9,11,13-16H2,1-2H3,(H,24,28)(H,25,26). The molecule has 1 amide bonds. The largest absolute Gasteiger partial charge is 0.352 e. The fraction of sp³-hybridized carbons (Fsp3) is 0.409. The molecule has 0 bridgehead atoms. The van der Waals surface area contributed by atoms with Crippen LogP contribution in [0.2, 0.25) is 0 Å². The Morgan fingerprint density at radius 1 is 1.24 bits per heavy atom. The summed E-state index contributed by atoms with van der Waals surface area (Å²) in [5, 5.41) is 7.31. The summed E-state index contributed by atoms with van der Waals surface area (Å²) in [6.07, 6.45) is 4.67. The Hall–Kier alpha value is -2.38. The average Bonchev–Trinajstić information content (AvgIpc) is 2.74. The molecule has 29 heavy (non-hydrogen) atoms. The summed E-state index contributed by atoms with van der Waals surface area (Å²) in [6.45, 7) is 7.32. The number of hydrogen-bond donors (Lipinski definition) is 2. The van der Waals surface area contributed by atoms with Crippen LogP contribution in [-0.2, 0) is 12.3 Å². The highest BCUT2D eigenvalue weighted by molar-refractivity contribution is 8.13. The predicted octanol–water partition coefficient (Wildman–Crippen LogP) is 3.47. The highest BCUT2D eigenvalue weighted by Gasteiger charge is 2.13. The number of benzene rings is 1. The van der Waals surface area contributed by atoms with E-state index < -0.39 is 0 Å². The van der Waals surface area contributed by atoms with Crippen LogP contribution in [0.25, 0.3) is 0 Å². The van der Waals surface area contributed by atoms with Crippen LogP contribution in [0, 0.1) is 5.92 Å². The van der Waals surface area contributed by atoms with E-state index in [4.69, 9.17) is 0 Å². The second-order valence-electron chi connectivity index (χ2n) is 7.55. The van der Waals surface area contributed by atoms with Gasteiger partial charge in [0.05, 0.1) is 13.3 Å². The minimum Gasteiger partial charge on any atom is -0.352 e. The molecular formula is C22H29N5OS. The Morgan fingerprint density at radius 3 is 2.72 bits per heavy atom. The lowest BCUT2D eigenvalue weighted by atomic mass is 10.1. The topological polar surface area (TPSA) is 69.6 Å². The van der Waals surface area contributed by atoms with Crippen molar-refractivity contribution < 1.29 is 4.79 Å². The fourth-order valence-corrected chi connectivity index (χ4v) is 3.69. The highest BCUT2D eigenvalue weighted by Crippen LogP contribution is 2.16. The van der Waals surface area contributed by atoms with Gasteiger partial charge in [-0.1, -0.05) is 43.8 Å². The molecule has 1 aliphatic heterocycles. The summed E-state index contributed by atoms with van der Waals surface area (Å²) < 4.78 is 0. The quantitative estimate of drug-likeness (QED) is 0.696. The van der Waals surface area contributed by atoms with Gasteiger partial charge in [-0.15, -0.1) is 0 Å². The number of nitrogens with zero attached hydrogens (tertiary/aromatic N) is 3. The molecule has 1 aromatic heterocycles. The molecule has 6 nitrogen and oxygen atoms in total. The fourth-order valence-electron chi connectivity index (χ4n) is 2.88. The number of thioether (sulfide) groups is 1. The van der Waals surface area contributed by atoms with E-state index in [1.54, 1.807) is 18.0 Å². The molecule has 154 valence electrons. The number of carbonyl (C=O) groups excluding carboxylic acids is 1. The lowest BCUT2D eigenvalue weighted by Crippen LogP contribution is -2.41. The zero-order valence-corrected chi connectivity index (χ0v) is 17.9. The lowest BCUT2D eigenvalue weighted by Gasteiger charge is -2.26. The number of amides is 1. The van der Waals surface area contributed by atoms with Crippen molar-refractivity contribution >= 4 is 22.8 Å². The van der Waals surface area contributed by atoms with Crippen LogP contribution < -0.4 is 10.6 Å². The van der Waals surface area contributed by atoms with E-state index in [0.717, 1.165) is 37.1 Å². The van der Waals surface area contributed by atoms with E-state index in [2.05, 4.69) is 45.4 Å². The monoisotopic (exact) mass is 411 g/mol. The number of pyridine rings is 1. The highest BCUT2D eigenvalue weighted by atomic mass is 32.2. The number of hydrogen-bond acceptors (Lipinski definition) is 6. The lowest BCUT2D eigenvalue weighted by molar-refractivity contribution is 0.0952. The zero-order valence-electron chi connectivity index (χ0n) is 17.1. The maximum Gasteiger partial charge on any atom is 0.251 e. The van der Waals surface area contributed by atoms with Crippen molar-refractivity contribution in [2.75, 3.05) is 19.9 Å². The number of aromatic nitrogens is 1. The van der Waals surface area contributed by atoms with Crippen LogP contribution in [0.4, 0.5) is 0 Å². The summed E-state index contributed by atoms with van der Waals surface area (Å²) in [6, 6.07) is 11.9. The molecule has 1 aliphatic rings. The Morgan fingerprint density at radius 2 is 2.07 bits per heavy atom. The van der Waals surface area contributed by atoms with E-state index in [1.165, 1.54) is 11.1 Å². The minimum absolute atomic E-state index is 0.00289. The van der Waals surface area contributed by atoms with E-state index in [9.17, 15) is 4.79 Å². The molecule has 0 spiro atoms. The first-order chi connectivity index (χ1) is 14.1. The van der Waals surface area contributed by atoms with Crippen LogP contribution in [-0.4, -0.2) is 40.8 Å². The van der Waals surface area contributed by atoms with Crippen LogP contribution in [0.3, 0.4) is 0 Å². The number of rotatable bonds is 8. The van der Waals surface area contributed by atoms with Gasteiger partial charge >= 0.3 is 0 Å². The van der Waals surface area contributed by atoms with Gasteiger partial charge in [0.25, 0.3) is 5.91 Å². The van der Waals surface area contributed by atoms with Crippen LogP contribution in [0.15, 0.2) is 53.8 Å². The van der Waals surface area contributed by atoms with Gasteiger partial charge in [0.1, 0.15) is 0 Å². The number of amidine groups is 1. The first kappa shape index (κ1) is 21.3. The van der Waals surface area contributed by atoms with Gasteiger partial charge in [-0.05, 0) is 41.7 Å². The van der Waals surface area contributed by atoms with Crippen molar-refractivity contribution in [1.82, 2.24) is 20.5 Å². The normalized spacial score (nSPS) is 14.4. The maximum absolute atomic E-state index is 12.2.